The molecule has 0 unspecified atom stereocenters. The smallest absolute Gasteiger partial charge is 0.406 e. The quantitative estimate of drug-likeness (QED) is 0.835. The van der Waals surface area contributed by atoms with Crippen LogP contribution in [0, 0.1) is 0 Å². The van der Waals surface area contributed by atoms with Crippen LogP contribution in [0.5, 0.6) is 5.75 Å². The minimum atomic E-state index is -4.82. The lowest BCUT2D eigenvalue weighted by atomic mass is 10.3. The number of nitrogens with zero attached hydrogens (tertiary/aromatic N) is 2. The number of hydrogen-bond acceptors (Lipinski definition) is 4. The molecule has 0 spiro atoms. The van der Waals surface area contributed by atoms with Crippen molar-refractivity contribution in [1.29, 1.82) is 0 Å². The Bertz CT molecular complexity index is 747. The summed E-state index contributed by atoms with van der Waals surface area (Å²) < 4.78 is 65.8. The van der Waals surface area contributed by atoms with Crippen molar-refractivity contribution in [3.8, 4) is 5.75 Å². The normalized spacial score (nSPS) is 12.4. The highest BCUT2D eigenvalue weighted by molar-refractivity contribution is 7.89. The molecule has 1 heterocycles. The van der Waals surface area contributed by atoms with Gasteiger partial charge in [0.05, 0.1) is 4.90 Å². The SMILES string of the molecule is CN(Cc1cccnc1)S(=O)(=O)c1ccc(OC(F)(F)F)cc1. The second-order valence-electron chi connectivity index (χ2n) is 4.64. The number of alkyl halides is 3. The molecule has 0 amide bonds. The Morgan fingerprint density at radius 1 is 1.17 bits per heavy atom. The number of rotatable bonds is 5. The van der Waals surface area contributed by atoms with Gasteiger partial charge >= 0.3 is 6.36 Å². The second kappa shape index (κ2) is 6.55. The summed E-state index contributed by atoms with van der Waals surface area (Å²) in [4.78, 5) is 3.77. The third-order valence-electron chi connectivity index (χ3n) is 2.89. The lowest BCUT2D eigenvalue weighted by molar-refractivity contribution is -0.274. The van der Waals surface area contributed by atoms with Gasteiger partial charge in [-0.2, -0.15) is 4.31 Å². The Morgan fingerprint density at radius 2 is 1.83 bits per heavy atom. The van der Waals surface area contributed by atoms with Gasteiger partial charge in [-0.3, -0.25) is 4.98 Å². The van der Waals surface area contributed by atoms with E-state index in [4.69, 9.17) is 0 Å². The minimum absolute atomic E-state index is 0.0942. The van der Waals surface area contributed by atoms with Crippen molar-refractivity contribution in [2.45, 2.75) is 17.8 Å². The van der Waals surface area contributed by atoms with Crippen LogP contribution in [-0.2, 0) is 16.6 Å². The molecule has 0 N–H and O–H groups in total. The monoisotopic (exact) mass is 346 g/mol. The minimum Gasteiger partial charge on any atom is -0.406 e. The topological polar surface area (TPSA) is 59.5 Å². The van der Waals surface area contributed by atoms with Gasteiger partial charge in [0.1, 0.15) is 5.75 Å². The Kier molecular flexibility index (Phi) is 4.90. The van der Waals surface area contributed by atoms with E-state index in [2.05, 4.69) is 9.72 Å². The summed E-state index contributed by atoms with van der Waals surface area (Å²) in [6.45, 7) is 0.0942. The molecular weight excluding hydrogens is 333 g/mol. The van der Waals surface area contributed by atoms with Crippen molar-refractivity contribution in [3.05, 3.63) is 54.4 Å². The molecule has 0 bridgehead atoms. The van der Waals surface area contributed by atoms with E-state index in [0.717, 1.165) is 28.6 Å². The fourth-order valence-electron chi connectivity index (χ4n) is 1.83. The van der Waals surface area contributed by atoms with Crippen molar-refractivity contribution >= 4 is 10.0 Å². The third-order valence-corrected chi connectivity index (χ3v) is 4.71. The van der Waals surface area contributed by atoms with Crippen LogP contribution in [0.25, 0.3) is 0 Å². The Labute approximate surface area is 131 Å². The summed E-state index contributed by atoms with van der Waals surface area (Å²) in [6.07, 6.45) is -1.72. The molecule has 5 nitrogen and oxygen atoms in total. The van der Waals surface area contributed by atoms with Crippen molar-refractivity contribution in [2.24, 2.45) is 0 Å². The number of pyridine rings is 1. The lowest BCUT2D eigenvalue weighted by Crippen LogP contribution is -2.26. The number of ether oxygens (including phenoxy) is 1. The largest absolute Gasteiger partial charge is 0.573 e. The second-order valence-corrected chi connectivity index (χ2v) is 6.69. The fraction of sp³-hybridized carbons (Fsp3) is 0.214. The lowest BCUT2D eigenvalue weighted by Gasteiger charge is -2.17. The summed E-state index contributed by atoms with van der Waals surface area (Å²) >= 11 is 0. The molecule has 9 heteroatoms. The van der Waals surface area contributed by atoms with Gasteiger partial charge in [0.2, 0.25) is 10.0 Å². The van der Waals surface area contributed by atoms with Crippen LogP contribution in [0.2, 0.25) is 0 Å². The molecule has 124 valence electrons. The zero-order valence-electron chi connectivity index (χ0n) is 12.0. The van der Waals surface area contributed by atoms with Crippen LogP contribution >= 0.6 is 0 Å². The van der Waals surface area contributed by atoms with Gasteiger partial charge in [-0.25, -0.2) is 8.42 Å². The molecule has 0 aliphatic heterocycles. The molecule has 0 saturated carbocycles. The average molecular weight is 346 g/mol. The van der Waals surface area contributed by atoms with E-state index < -0.39 is 22.1 Å². The zero-order chi connectivity index (χ0) is 17.1. The molecule has 1 aromatic carbocycles. The predicted octanol–water partition coefficient (Wildman–Crippen LogP) is 2.80. The molecule has 0 aliphatic carbocycles. The van der Waals surface area contributed by atoms with Gasteiger partial charge in [-0.15, -0.1) is 13.2 Å². The Morgan fingerprint density at radius 3 is 2.35 bits per heavy atom. The number of halogens is 3. The van der Waals surface area contributed by atoms with Crippen LogP contribution in [-0.4, -0.2) is 31.1 Å². The van der Waals surface area contributed by atoms with E-state index in [1.165, 1.54) is 13.2 Å². The van der Waals surface area contributed by atoms with Crippen LogP contribution < -0.4 is 4.74 Å². The van der Waals surface area contributed by atoms with Gasteiger partial charge in [0.25, 0.3) is 0 Å². The summed E-state index contributed by atoms with van der Waals surface area (Å²) in [5, 5.41) is 0. The predicted molar refractivity (Wildman–Crippen MR) is 76.0 cm³/mol. The fourth-order valence-corrected chi connectivity index (χ4v) is 2.99. The molecule has 0 radical (unpaired) electrons. The molecule has 0 aliphatic rings. The van der Waals surface area contributed by atoms with E-state index in [0.29, 0.717) is 5.56 Å². The molecule has 23 heavy (non-hydrogen) atoms. The van der Waals surface area contributed by atoms with E-state index in [-0.39, 0.29) is 11.4 Å². The van der Waals surface area contributed by atoms with Crippen molar-refractivity contribution in [1.82, 2.24) is 9.29 Å². The van der Waals surface area contributed by atoms with Gasteiger partial charge in [-0.1, -0.05) is 6.07 Å². The molecule has 2 rings (SSSR count). The number of benzene rings is 1. The number of sulfonamides is 1. The van der Waals surface area contributed by atoms with Crippen molar-refractivity contribution in [3.63, 3.8) is 0 Å². The number of aromatic nitrogens is 1. The van der Waals surface area contributed by atoms with E-state index in [9.17, 15) is 21.6 Å². The molecule has 1 aromatic heterocycles. The maximum absolute atomic E-state index is 12.4. The van der Waals surface area contributed by atoms with Crippen LogP contribution in [0.3, 0.4) is 0 Å². The van der Waals surface area contributed by atoms with Crippen LogP contribution in [0.1, 0.15) is 5.56 Å². The summed E-state index contributed by atoms with van der Waals surface area (Å²) in [6, 6.07) is 7.45. The van der Waals surface area contributed by atoms with E-state index in [1.807, 2.05) is 0 Å². The van der Waals surface area contributed by atoms with E-state index >= 15 is 0 Å². The summed E-state index contributed by atoms with van der Waals surface area (Å²) in [5.41, 5.74) is 0.690. The average Bonchev–Trinajstić information content (AvgIpc) is 2.47. The van der Waals surface area contributed by atoms with Crippen molar-refractivity contribution < 1.29 is 26.3 Å². The first-order valence-electron chi connectivity index (χ1n) is 6.39. The summed E-state index contributed by atoms with van der Waals surface area (Å²) in [5.74, 6) is -0.480. The highest BCUT2D eigenvalue weighted by Gasteiger charge is 2.31. The van der Waals surface area contributed by atoms with Gasteiger partial charge in [0, 0.05) is 26.0 Å². The highest BCUT2D eigenvalue weighted by atomic mass is 32.2. The molecule has 0 atom stereocenters. The molecule has 0 fully saturated rings. The van der Waals surface area contributed by atoms with E-state index in [1.54, 1.807) is 18.3 Å². The Hall–Kier alpha value is -2.13. The molecule has 0 saturated heterocycles. The molecular formula is C14H13F3N2O3S. The first-order chi connectivity index (χ1) is 10.7. The molecule has 2 aromatic rings. The first kappa shape index (κ1) is 17.2. The Balaban J connectivity index is 2.15. The summed E-state index contributed by atoms with van der Waals surface area (Å²) in [7, 11) is -2.45. The van der Waals surface area contributed by atoms with Gasteiger partial charge in [0.15, 0.2) is 0 Å². The first-order valence-corrected chi connectivity index (χ1v) is 7.83. The standard InChI is InChI=1S/C14H13F3N2O3S/c1-19(10-11-3-2-8-18-9-11)23(20,21)13-6-4-12(5-7-13)22-14(15,16)17/h2-9H,10H2,1H3. The zero-order valence-corrected chi connectivity index (χ0v) is 12.8. The van der Waals surface area contributed by atoms with Gasteiger partial charge in [-0.05, 0) is 35.9 Å². The van der Waals surface area contributed by atoms with Crippen LogP contribution in [0.15, 0.2) is 53.7 Å². The highest BCUT2D eigenvalue weighted by Crippen LogP contribution is 2.25. The van der Waals surface area contributed by atoms with Crippen LogP contribution in [0.4, 0.5) is 13.2 Å². The maximum Gasteiger partial charge on any atom is 0.573 e. The number of hydrogen-bond donors (Lipinski definition) is 0. The maximum atomic E-state index is 12.4. The van der Waals surface area contributed by atoms with Gasteiger partial charge < -0.3 is 4.74 Å². The third kappa shape index (κ3) is 4.67. The van der Waals surface area contributed by atoms with Crippen molar-refractivity contribution in [2.75, 3.05) is 7.05 Å².